The Labute approximate surface area is 135 Å². The monoisotopic (exact) mass is 315 g/mol. The summed E-state index contributed by atoms with van der Waals surface area (Å²) in [7, 11) is 0. The van der Waals surface area contributed by atoms with Gasteiger partial charge in [-0.15, -0.1) is 0 Å². The summed E-state index contributed by atoms with van der Waals surface area (Å²) >= 11 is 0. The van der Waals surface area contributed by atoms with Gasteiger partial charge >= 0.3 is 12.3 Å². The number of carbonyl (C=O) groups excluding carboxylic acids is 2. The third-order valence-corrected chi connectivity index (χ3v) is 4.18. The molecular weight excluding hydrogens is 294 g/mol. The Morgan fingerprint density at radius 1 is 1.22 bits per heavy atom. The number of ether oxygens (including phenoxy) is 1. The first-order valence-corrected chi connectivity index (χ1v) is 7.85. The van der Waals surface area contributed by atoms with Gasteiger partial charge in [-0.1, -0.05) is 30.3 Å². The molecule has 1 amide bonds. The average molecular weight is 315 g/mol. The van der Waals surface area contributed by atoms with Crippen molar-refractivity contribution < 1.29 is 19.1 Å². The number of alkyl carbamates (subject to hydrolysis) is 1. The molecule has 6 heteroatoms. The molecule has 1 aromatic carbocycles. The molecule has 1 fully saturated rings. The van der Waals surface area contributed by atoms with Crippen LogP contribution in [0.15, 0.2) is 30.3 Å². The third-order valence-electron chi connectivity index (χ3n) is 4.18. The van der Waals surface area contributed by atoms with Crippen molar-refractivity contribution in [2.24, 2.45) is 11.8 Å². The first kappa shape index (κ1) is 16.9. The van der Waals surface area contributed by atoms with Gasteiger partial charge in [0.25, 0.3) is 0 Å². The highest BCUT2D eigenvalue weighted by molar-refractivity contribution is 6.26. The average Bonchev–Trinajstić information content (AvgIpc) is 2.59. The molecule has 0 spiro atoms. The van der Waals surface area contributed by atoms with E-state index in [9.17, 15) is 9.59 Å². The van der Waals surface area contributed by atoms with Gasteiger partial charge in [-0.05, 0) is 37.2 Å². The Balaban J connectivity index is 1.64. The first-order valence-electron chi connectivity index (χ1n) is 7.85. The van der Waals surface area contributed by atoms with Crippen LogP contribution in [0.5, 0.6) is 0 Å². The zero-order valence-electron chi connectivity index (χ0n) is 13.0. The molecule has 0 saturated heterocycles. The fraction of sp³-hybridized carbons (Fsp3) is 0.471. The van der Waals surface area contributed by atoms with E-state index in [0.717, 1.165) is 37.5 Å². The molecule has 1 aromatic rings. The van der Waals surface area contributed by atoms with Crippen molar-refractivity contribution in [3.63, 3.8) is 0 Å². The summed E-state index contributed by atoms with van der Waals surface area (Å²) in [6.07, 6.45) is 3.82. The quantitative estimate of drug-likeness (QED) is 0.497. The second kappa shape index (κ2) is 8.86. The van der Waals surface area contributed by atoms with Crippen molar-refractivity contribution >= 4 is 18.1 Å². The summed E-state index contributed by atoms with van der Waals surface area (Å²) < 4.78 is 5.16. The highest BCUT2D eigenvalue weighted by atomic mass is 16.5. The minimum Gasteiger partial charge on any atom is -0.445 e. The Hall–Kier alpha value is -2.46. The lowest BCUT2D eigenvalue weighted by atomic mass is 9.80. The number of amides is 1. The zero-order chi connectivity index (χ0) is 16.5. The Morgan fingerprint density at radius 3 is 2.57 bits per heavy atom. The zero-order valence-corrected chi connectivity index (χ0v) is 13.0. The van der Waals surface area contributed by atoms with Crippen LogP contribution in [0.25, 0.3) is 5.53 Å². The van der Waals surface area contributed by atoms with Gasteiger partial charge in [0.15, 0.2) is 0 Å². The number of Topliss-reactive ketones (excluding diaryl/α,β-unsaturated/α-hetero) is 1. The van der Waals surface area contributed by atoms with Crippen LogP contribution in [0.4, 0.5) is 4.79 Å². The van der Waals surface area contributed by atoms with Crippen LogP contribution in [0, 0.1) is 11.8 Å². The molecule has 1 aliphatic rings. The SMILES string of the molecule is [N-]=[N+]=CC(=O)[C@H]1CC[C@H](CNC(=O)OCc2ccccc2)CC1. The number of carbonyl (C=O) groups is 2. The number of hydrogen-bond acceptors (Lipinski definition) is 3. The van der Waals surface area contributed by atoms with Gasteiger partial charge in [-0.2, -0.15) is 4.79 Å². The number of nitrogens with one attached hydrogen (secondary N) is 1. The molecular formula is C17H21N3O3. The molecule has 1 saturated carbocycles. The number of hydrogen-bond donors (Lipinski definition) is 1. The summed E-state index contributed by atoms with van der Waals surface area (Å²) in [5.41, 5.74) is 9.34. The molecule has 2 rings (SSSR count). The Morgan fingerprint density at radius 2 is 1.91 bits per heavy atom. The van der Waals surface area contributed by atoms with Gasteiger partial charge in [0.1, 0.15) is 6.61 Å². The second-order valence-corrected chi connectivity index (χ2v) is 5.81. The van der Waals surface area contributed by atoms with Gasteiger partial charge in [0.05, 0.1) is 0 Å². The van der Waals surface area contributed by atoms with Crippen LogP contribution in [0.1, 0.15) is 31.2 Å². The number of ketones is 1. The van der Waals surface area contributed by atoms with E-state index >= 15 is 0 Å². The van der Waals surface area contributed by atoms with E-state index in [-0.39, 0.29) is 18.3 Å². The van der Waals surface area contributed by atoms with Crippen molar-refractivity contribution in [2.75, 3.05) is 6.54 Å². The minimum absolute atomic E-state index is 0.0628. The molecule has 0 unspecified atom stereocenters. The molecule has 1 N–H and O–H groups in total. The Kier molecular flexibility index (Phi) is 6.51. The van der Waals surface area contributed by atoms with E-state index in [2.05, 4.69) is 10.1 Å². The van der Waals surface area contributed by atoms with Crippen molar-refractivity contribution in [3.8, 4) is 0 Å². The topological polar surface area (TPSA) is 91.8 Å². The maximum Gasteiger partial charge on any atom is 0.407 e. The molecule has 0 aliphatic heterocycles. The molecule has 0 radical (unpaired) electrons. The highest BCUT2D eigenvalue weighted by Crippen LogP contribution is 2.28. The first-order chi connectivity index (χ1) is 11.2. The van der Waals surface area contributed by atoms with Gasteiger partial charge in [0.2, 0.25) is 5.78 Å². The molecule has 0 aromatic heterocycles. The van der Waals surface area contributed by atoms with Gasteiger partial charge < -0.3 is 15.6 Å². The fourth-order valence-corrected chi connectivity index (χ4v) is 2.82. The van der Waals surface area contributed by atoms with Gasteiger partial charge in [0, 0.05) is 12.5 Å². The molecule has 0 heterocycles. The summed E-state index contributed by atoms with van der Waals surface area (Å²) in [5.74, 6) is 0.169. The van der Waals surface area contributed by atoms with E-state index < -0.39 is 6.09 Å². The van der Waals surface area contributed by atoms with E-state index in [1.807, 2.05) is 30.3 Å². The van der Waals surface area contributed by atoms with Crippen LogP contribution >= 0.6 is 0 Å². The molecule has 122 valence electrons. The summed E-state index contributed by atoms with van der Waals surface area (Å²) in [6, 6.07) is 9.52. The molecule has 23 heavy (non-hydrogen) atoms. The lowest BCUT2D eigenvalue weighted by molar-refractivity contribution is -0.120. The van der Waals surface area contributed by atoms with Crippen molar-refractivity contribution in [1.29, 1.82) is 0 Å². The van der Waals surface area contributed by atoms with Crippen LogP contribution in [0.3, 0.4) is 0 Å². The standard InChI is InChI=1S/C17H21N3O3/c18-20-11-16(21)15-8-6-13(7-9-15)10-19-17(22)23-12-14-4-2-1-3-5-14/h1-5,11,13,15H,6-10,12H2,(H,19,22)/t13-,15-. The van der Waals surface area contributed by atoms with Crippen molar-refractivity contribution in [2.45, 2.75) is 32.3 Å². The van der Waals surface area contributed by atoms with Crippen LogP contribution in [0.2, 0.25) is 0 Å². The number of rotatable bonds is 6. The predicted octanol–water partition coefficient (Wildman–Crippen LogP) is 2.59. The lowest BCUT2D eigenvalue weighted by Gasteiger charge is -2.26. The number of benzene rings is 1. The maximum atomic E-state index is 11.7. The second-order valence-electron chi connectivity index (χ2n) is 5.81. The van der Waals surface area contributed by atoms with Crippen molar-refractivity contribution in [1.82, 2.24) is 5.32 Å². The van der Waals surface area contributed by atoms with E-state index in [1.54, 1.807) is 0 Å². The largest absolute Gasteiger partial charge is 0.445 e. The molecule has 1 aliphatic carbocycles. The van der Waals surface area contributed by atoms with Crippen molar-refractivity contribution in [3.05, 3.63) is 41.4 Å². The summed E-state index contributed by atoms with van der Waals surface area (Å²) in [5, 5.41) is 2.78. The lowest BCUT2D eigenvalue weighted by Crippen LogP contribution is -2.33. The molecule has 0 atom stereocenters. The summed E-state index contributed by atoms with van der Waals surface area (Å²) in [6.45, 7) is 0.817. The van der Waals surface area contributed by atoms with Crippen LogP contribution < -0.4 is 5.32 Å². The smallest absolute Gasteiger partial charge is 0.407 e. The third kappa shape index (κ3) is 5.68. The number of nitrogens with zero attached hydrogens (tertiary/aromatic N) is 2. The van der Waals surface area contributed by atoms with E-state index in [1.165, 1.54) is 0 Å². The fourth-order valence-electron chi connectivity index (χ4n) is 2.82. The normalized spacial score (nSPS) is 20.2. The van der Waals surface area contributed by atoms with Crippen LogP contribution in [-0.4, -0.2) is 29.4 Å². The van der Waals surface area contributed by atoms with Crippen LogP contribution in [-0.2, 0) is 16.1 Å². The minimum atomic E-state index is -0.417. The van der Waals surface area contributed by atoms with E-state index in [4.69, 9.17) is 10.3 Å². The predicted molar refractivity (Wildman–Crippen MR) is 84.8 cm³/mol. The maximum absolute atomic E-state index is 11.7. The summed E-state index contributed by atoms with van der Waals surface area (Å²) in [4.78, 5) is 26.1. The molecule has 6 nitrogen and oxygen atoms in total. The Bertz CT molecular complexity index is 574. The van der Waals surface area contributed by atoms with Gasteiger partial charge in [-0.25, -0.2) is 4.79 Å². The van der Waals surface area contributed by atoms with Gasteiger partial charge in [-0.3, -0.25) is 4.79 Å². The van der Waals surface area contributed by atoms with E-state index in [0.29, 0.717) is 12.5 Å². The highest BCUT2D eigenvalue weighted by Gasteiger charge is 2.27. The molecule has 0 bridgehead atoms.